The first-order valence-corrected chi connectivity index (χ1v) is 8.23. The first-order chi connectivity index (χ1) is 9.31. The van der Waals surface area contributed by atoms with Gasteiger partial charge in [-0.25, -0.2) is 0 Å². The zero-order chi connectivity index (χ0) is 14.2. The second-order valence-corrected chi connectivity index (χ2v) is 5.30. The Bertz CT molecular complexity index is 195. The van der Waals surface area contributed by atoms with E-state index in [0.717, 1.165) is 19.4 Å². The van der Waals surface area contributed by atoms with Crippen LogP contribution in [0.3, 0.4) is 0 Å². The summed E-state index contributed by atoms with van der Waals surface area (Å²) in [5.41, 5.74) is 2.75. The maximum Gasteiger partial charge on any atom is 0.597 e. The molecule has 0 aliphatic heterocycles. The molecule has 19 heavy (non-hydrogen) atoms. The minimum atomic E-state index is -0.144. The van der Waals surface area contributed by atoms with Gasteiger partial charge in [0.1, 0.15) is 6.42 Å². The molecule has 0 unspecified atom stereocenters. The van der Waals surface area contributed by atoms with Crippen LogP contribution in [0.1, 0.15) is 90.9 Å². The molecule has 0 aromatic rings. The molecule has 0 bridgehead atoms. The lowest BCUT2D eigenvalue weighted by atomic mass is 10.1. The van der Waals surface area contributed by atoms with Crippen molar-refractivity contribution in [3.05, 3.63) is 0 Å². The predicted molar refractivity (Wildman–Crippen MR) is 80.8 cm³/mol. The number of carbonyl (C=O) groups is 1. The summed E-state index contributed by atoms with van der Waals surface area (Å²) in [5.74, 6) is -0.144. The van der Waals surface area contributed by atoms with Crippen LogP contribution >= 0.6 is 0 Å². The van der Waals surface area contributed by atoms with Gasteiger partial charge in [0.15, 0.2) is 0 Å². The highest BCUT2D eigenvalue weighted by atomic mass is 16.7. The van der Waals surface area contributed by atoms with Crippen molar-refractivity contribution >= 4 is 5.97 Å². The Morgan fingerprint density at radius 1 is 0.789 bits per heavy atom. The van der Waals surface area contributed by atoms with Gasteiger partial charge in [-0.05, 0) is 12.8 Å². The third-order valence-corrected chi connectivity index (χ3v) is 3.27. The number of hydroxylamine groups is 1. The van der Waals surface area contributed by atoms with E-state index in [2.05, 4.69) is 12.4 Å². The molecule has 113 valence electrons. The molecule has 3 heteroatoms. The molecule has 0 aromatic carbocycles. The van der Waals surface area contributed by atoms with Crippen molar-refractivity contribution in [3.8, 4) is 0 Å². The van der Waals surface area contributed by atoms with E-state index in [9.17, 15) is 4.79 Å². The highest BCUT2D eigenvalue weighted by Crippen LogP contribution is 2.10. The molecule has 0 saturated heterocycles. The third-order valence-electron chi connectivity index (χ3n) is 3.27. The number of hydrogen-bond acceptors (Lipinski definition) is 3. The van der Waals surface area contributed by atoms with Crippen LogP contribution in [0.4, 0.5) is 0 Å². The molecule has 0 fully saturated rings. The first-order valence-electron chi connectivity index (χ1n) is 8.23. The van der Waals surface area contributed by atoms with Crippen LogP contribution in [0.2, 0.25) is 0 Å². The van der Waals surface area contributed by atoms with Crippen LogP contribution in [0.5, 0.6) is 0 Å². The molecule has 0 heterocycles. The van der Waals surface area contributed by atoms with E-state index in [4.69, 9.17) is 4.84 Å². The molecule has 3 nitrogen and oxygen atoms in total. The number of unbranched alkanes of at least 4 members (excludes halogenated alkanes) is 9. The smallest absolute Gasteiger partial charge is 0.199 e. The molecule has 1 radical (unpaired) electrons. The van der Waals surface area contributed by atoms with E-state index in [1.807, 2.05) is 6.92 Å². The predicted octanol–water partition coefficient (Wildman–Crippen LogP) is 4.76. The van der Waals surface area contributed by atoms with Gasteiger partial charge in [-0.3, -0.25) is 0 Å². The van der Waals surface area contributed by atoms with Crippen molar-refractivity contribution < 1.29 is 9.63 Å². The monoisotopic (exact) mass is 271 g/mol. The van der Waals surface area contributed by atoms with Gasteiger partial charge >= 0.3 is 5.97 Å². The van der Waals surface area contributed by atoms with E-state index >= 15 is 0 Å². The average molecular weight is 271 g/mol. The standard InChI is InChI=1S/C16H33NO2/c1-3-5-6-7-8-9-10-11-12-13-15-17-19-16(18)14-4-2/h17H,3-15H2,1-2H3/q+1. The van der Waals surface area contributed by atoms with Gasteiger partial charge in [-0.1, -0.05) is 77.1 Å². The lowest BCUT2D eigenvalue weighted by Gasteiger charge is -2.01. The maximum atomic E-state index is 11.0. The van der Waals surface area contributed by atoms with Crippen LogP contribution in [-0.4, -0.2) is 12.5 Å². The summed E-state index contributed by atoms with van der Waals surface area (Å²) in [6.07, 6.45) is 14.6. The molecule has 1 N–H and O–H groups in total. The third kappa shape index (κ3) is 15.4. The van der Waals surface area contributed by atoms with Crippen molar-refractivity contribution in [1.29, 1.82) is 0 Å². The summed E-state index contributed by atoms with van der Waals surface area (Å²) in [5, 5.41) is 0. The molecular weight excluding hydrogens is 238 g/mol. The van der Waals surface area contributed by atoms with E-state index in [1.165, 1.54) is 57.8 Å². The molecule has 0 aliphatic carbocycles. The van der Waals surface area contributed by atoms with Crippen LogP contribution in [0, 0.1) is 0 Å². The molecule has 0 aromatic heterocycles. The van der Waals surface area contributed by atoms with Crippen molar-refractivity contribution in [2.75, 3.05) is 6.54 Å². The van der Waals surface area contributed by atoms with Gasteiger partial charge in [0.2, 0.25) is 0 Å². The van der Waals surface area contributed by atoms with E-state index in [-0.39, 0.29) is 5.97 Å². The molecule has 0 rings (SSSR count). The summed E-state index contributed by atoms with van der Waals surface area (Å²) >= 11 is 0. The largest absolute Gasteiger partial charge is 0.597 e. The summed E-state index contributed by atoms with van der Waals surface area (Å²) in [6.45, 7) is 5.02. The lowest BCUT2D eigenvalue weighted by Crippen LogP contribution is -2.20. The lowest BCUT2D eigenvalue weighted by molar-refractivity contribution is -0.151. The van der Waals surface area contributed by atoms with Crippen LogP contribution in [-0.2, 0) is 9.63 Å². The van der Waals surface area contributed by atoms with Gasteiger partial charge in [0, 0.05) is 0 Å². The zero-order valence-electron chi connectivity index (χ0n) is 13.0. The Balaban J connectivity index is 3.01. The van der Waals surface area contributed by atoms with Crippen molar-refractivity contribution in [1.82, 2.24) is 5.48 Å². The van der Waals surface area contributed by atoms with E-state index in [1.54, 1.807) is 0 Å². The summed E-state index contributed by atoms with van der Waals surface area (Å²) in [4.78, 5) is 15.9. The minimum absolute atomic E-state index is 0.144. The molecule has 0 spiro atoms. The molecular formula is C16H33NO2+. The van der Waals surface area contributed by atoms with Crippen molar-refractivity contribution in [2.45, 2.75) is 90.9 Å². The van der Waals surface area contributed by atoms with Gasteiger partial charge in [0.25, 0.3) is 0 Å². The summed E-state index contributed by atoms with van der Waals surface area (Å²) in [6, 6.07) is 0. The van der Waals surface area contributed by atoms with Gasteiger partial charge < -0.3 is 0 Å². The highest BCUT2D eigenvalue weighted by molar-refractivity contribution is 5.68. The summed E-state index contributed by atoms with van der Waals surface area (Å²) < 4.78 is 0. The van der Waals surface area contributed by atoms with Gasteiger partial charge in [0.05, 0.1) is 11.3 Å². The van der Waals surface area contributed by atoms with Crippen LogP contribution in [0.25, 0.3) is 0 Å². The molecule has 0 atom stereocenters. The fraction of sp³-hybridized carbons (Fsp3) is 0.938. The number of carbonyl (C=O) groups excluding carboxylic acids is 1. The van der Waals surface area contributed by atoms with Crippen molar-refractivity contribution in [2.24, 2.45) is 0 Å². The topological polar surface area (TPSA) is 41.2 Å². The number of hydrogen-bond donors (Lipinski definition) is 1. The Morgan fingerprint density at radius 3 is 1.84 bits per heavy atom. The molecule has 0 amide bonds. The highest BCUT2D eigenvalue weighted by Gasteiger charge is 2.14. The van der Waals surface area contributed by atoms with Crippen molar-refractivity contribution in [3.63, 3.8) is 0 Å². The first kappa shape index (κ1) is 18.4. The van der Waals surface area contributed by atoms with Gasteiger partial charge in [-0.15, -0.1) is 0 Å². The Morgan fingerprint density at radius 2 is 1.32 bits per heavy atom. The second-order valence-electron chi connectivity index (χ2n) is 5.30. The Hall–Kier alpha value is -0.570. The quantitative estimate of drug-likeness (QED) is 0.281. The number of nitrogens with one attached hydrogen (secondary N) is 1. The van der Waals surface area contributed by atoms with E-state index < -0.39 is 0 Å². The second kappa shape index (κ2) is 15.5. The van der Waals surface area contributed by atoms with E-state index in [0.29, 0.717) is 6.42 Å². The number of rotatable bonds is 14. The van der Waals surface area contributed by atoms with Gasteiger partial charge in [-0.2, -0.15) is 4.84 Å². The molecule has 0 saturated carbocycles. The SMILES string of the molecule is CCCCCCCCCCCCNOC(=[O+])CCC. The fourth-order valence-corrected chi connectivity index (χ4v) is 2.07. The normalized spacial score (nSPS) is 10.6. The Kier molecular flexibility index (Phi) is 15.0. The fourth-order valence-electron chi connectivity index (χ4n) is 2.07. The zero-order valence-corrected chi connectivity index (χ0v) is 13.0. The maximum absolute atomic E-state index is 11.0. The minimum Gasteiger partial charge on any atom is -0.199 e. The average Bonchev–Trinajstić information content (AvgIpc) is 2.40. The van der Waals surface area contributed by atoms with Crippen LogP contribution in [0.15, 0.2) is 0 Å². The summed E-state index contributed by atoms with van der Waals surface area (Å²) in [7, 11) is 0. The molecule has 0 aliphatic rings. The van der Waals surface area contributed by atoms with Crippen LogP contribution < -0.4 is 5.48 Å². The Labute approximate surface area is 119 Å².